The predicted molar refractivity (Wildman–Crippen MR) is 73.8 cm³/mol. The molecule has 17 heavy (non-hydrogen) atoms. The number of rotatable bonds is 4. The monoisotopic (exact) mass is 234 g/mol. The Bertz CT molecular complexity index is 241. The van der Waals surface area contributed by atoms with Gasteiger partial charge in [-0.1, -0.05) is 56.3 Å². The Morgan fingerprint density at radius 1 is 1.12 bits per heavy atom. The van der Waals surface area contributed by atoms with Gasteiger partial charge in [0.05, 0.1) is 6.61 Å². The third kappa shape index (κ3) is 16.8. The number of esters is 1. The lowest BCUT2D eigenvalue weighted by Gasteiger charge is -1.97. The summed E-state index contributed by atoms with van der Waals surface area (Å²) >= 11 is 0. The van der Waals surface area contributed by atoms with Crippen molar-refractivity contribution in [1.82, 2.24) is 0 Å². The summed E-state index contributed by atoms with van der Waals surface area (Å²) in [6.45, 7) is 11.8. The van der Waals surface area contributed by atoms with E-state index in [2.05, 4.69) is 24.5 Å². The molecule has 0 spiro atoms. The van der Waals surface area contributed by atoms with Gasteiger partial charge >= 0.3 is 5.97 Å². The maximum atomic E-state index is 10.3. The SMILES string of the molecule is C=C.C=CC(=O)OCCCC.c1ccccc1. The van der Waals surface area contributed by atoms with Gasteiger partial charge in [0.25, 0.3) is 0 Å². The number of hydrogen-bond donors (Lipinski definition) is 0. The molecule has 0 aliphatic carbocycles. The molecule has 1 aromatic carbocycles. The Hall–Kier alpha value is -1.83. The van der Waals surface area contributed by atoms with Crippen molar-refractivity contribution in [3.05, 3.63) is 62.2 Å². The van der Waals surface area contributed by atoms with E-state index in [0.717, 1.165) is 12.8 Å². The van der Waals surface area contributed by atoms with Gasteiger partial charge in [-0.25, -0.2) is 4.79 Å². The molecular weight excluding hydrogens is 212 g/mol. The molecule has 0 radical (unpaired) electrons. The van der Waals surface area contributed by atoms with Gasteiger partial charge in [-0.15, -0.1) is 13.2 Å². The number of ether oxygens (including phenoxy) is 1. The first-order valence-corrected chi connectivity index (χ1v) is 5.60. The lowest BCUT2D eigenvalue weighted by molar-refractivity contribution is -0.137. The van der Waals surface area contributed by atoms with Crippen LogP contribution in [0.5, 0.6) is 0 Å². The normalized spacial score (nSPS) is 7.59. The smallest absolute Gasteiger partial charge is 0.330 e. The number of unbranched alkanes of at least 4 members (excludes halogenated alkanes) is 1. The van der Waals surface area contributed by atoms with E-state index in [1.165, 1.54) is 6.08 Å². The summed E-state index contributed by atoms with van der Waals surface area (Å²) in [5.74, 6) is -0.330. The van der Waals surface area contributed by atoms with Gasteiger partial charge in [0.15, 0.2) is 0 Å². The largest absolute Gasteiger partial charge is 0.463 e. The Labute approximate surface area is 105 Å². The molecule has 0 fully saturated rings. The Kier molecular flexibility index (Phi) is 17.1. The molecule has 1 aromatic rings. The number of carbonyl (C=O) groups is 1. The second kappa shape index (κ2) is 16.6. The summed E-state index contributed by atoms with van der Waals surface area (Å²) in [5.41, 5.74) is 0. The summed E-state index contributed by atoms with van der Waals surface area (Å²) in [7, 11) is 0. The molecule has 0 amide bonds. The van der Waals surface area contributed by atoms with Crippen LogP contribution < -0.4 is 0 Å². The first-order valence-electron chi connectivity index (χ1n) is 5.60. The van der Waals surface area contributed by atoms with Crippen LogP contribution in [0.25, 0.3) is 0 Å². The van der Waals surface area contributed by atoms with Gasteiger partial charge in [0.2, 0.25) is 0 Å². The van der Waals surface area contributed by atoms with Crippen LogP contribution in [0.3, 0.4) is 0 Å². The minimum absolute atomic E-state index is 0.330. The highest BCUT2D eigenvalue weighted by molar-refractivity contribution is 5.81. The molecule has 0 unspecified atom stereocenters. The zero-order chi connectivity index (χ0) is 13.4. The highest BCUT2D eigenvalue weighted by Crippen LogP contribution is 1.88. The zero-order valence-corrected chi connectivity index (χ0v) is 10.6. The predicted octanol–water partition coefficient (Wildman–Crippen LogP) is 4.00. The minimum atomic E-state index is -0.330. The van der Waals surface area contributed by atoms with E-state index in [1.807, 2.05) is 43.3 Å². The molecule has 2 nitrogen and oxygen atoms in total. The van der Waals surface area contributed by atoms with E-state index in [1.54, 1.807) is 0 Å². The second-order valence-electron chi connectivity index (χ2n) is 2.88. The lowest BCUT2D eigenvalue weighted by Crippen LogP contribution is -2.00. The van der Waals surface area contributed by atoms with Gasteiger partial charge in [0, 0.05) is 6.08 Å². The highest BCUT2D eigenvalue weighted by atomic mass is 16.5. The van der Waals surface area contributed by atoms with Gasteiger partial charge in [-0.3, -0.25) is 0 Å². The molecule has 0 aliphatic heterocycles. The number of benzene rings is 1. The van der Waals surface area contributed by atoms with Crippen LogP contribution in [0.2, 0.25) is 0 Å². The second-order valence-corrected chi connectivity index (χ2v) is 2.88. The molecule has 0 aromatic heterocycles. The van der Waals surface area contributed by atoms with Crippen LogP contribution >= 0.6 is 0 Å². The Morgan fingerprint density at radius 3 is 1.82 bits per heavy atom. The van der Waals surface area contributed by atoms with E-state index in [9.17, 15) is 4.79 Å². The number of hydrogen-bond acceptors (Lipinski definition) is 2. The molecule has 0 N–H and O–H groups in total. The molecule has 0 saturated heterocycles. The average molecular weight is 234 g/mol. The third-order valence-electron chi connectivity index (χ3n) is 1.58. The molecule has 0 bridgehead atoms. The van der Waals surface area contributed by atoms with Crippen LogP contribution in [-0.4, -0.2) is 12.6 Å². The van der Waals surface area contributed by atoms with Crippen molar-refractivity contribution in [3.63, 3.8) is 0 Å². The third-order valence-corrected chi connectivity index (χ3v) is 1.58. The topological polar surface area (TPSA) is 26.3 Å². The van der Waals surface area contributed by atoms with Gasteiger partial charge in [0.1, 0.15) is 0 Å². The van der Waals surface area contributed by atoms with E-state index < -0.39 is 0 Å². The van der Waals surface area contributed by atoms with Crippen molar-refractivity contribution in [2.24, 2.45) is 0 Å². The van der Waals surface area contributed by atoms with E-state index in [0.29, 0.717) is 6.61 Å². The minimum Gasteiger partial charge on any atom is -0.463 e. The maximum Gasteiger partial charge on any atom is 0.330 e. The van der Waals surface area contributed by atoms with Crippen molar-refractivity contribution >= 4 is 5.97 Å². The quantitative estimate of drug-likeness (QED) is 0.340. The highest BCUT2D eigenvalue weighted by Gasteiger charge is 1.91. The molecule has 1 rings (SSSR count). The Balaban J connectivity index is 0. The fourth-order valence-corrected chi connectivity index (χ4v) is 0.761. The summed E-state index contributed by atoms with van der Waals surface area (Å²) in [6, 6.07) is 12.0. The van der Waals surface area contributed by atoms with E-state index in [-0.39, 0.29) is 5.97 Å². The average Bonchev–Trinajstić information content (AvgIpc) is 2.44. The molecule has 0 aliphatic rings. The first kappa shape index (κ1) is 17.6. The van der Waals surface area contributed by atoms with Crippen LogP contribution in [-0.2, 0) is 9.53 Å². The van der Waals surface area contributed by atoms with Crippen LogP contribution in [0.15, 0.2) is 62.2 Å². The van der Waals surface area contributed by atoms with Crippen molar-refractivity contribution < 1.29 is 9.53 Å². The summed E-state index contributed by atoms with van der Waals surface area (Å²) in [4.78, 5) is 10.3. The molecular formula is C15H22O2. The molecule has 0 heterocycles. The standard InChI is InChI=1S/C7H12O2.C6H6.C2H4/c1-3-5-6-9-7(8)4-2;1-2-4-6-5-3-1;1-2/h4H,2-3,5-6H2,1H3;1-6H;1-2H2. The molecule has 2 heteroatoms. The first-order chi connectivity index (χ1) is 8.31. The summed E-state index contributed by atoms with van der Waals surface area (Å²) in [6.07, 6.45) is 3.15. The molecule has 94 valence electrons. The van der Waals surface area contributed by atoms with E-state index in [4.69, 9.17) is 0 Å². The summed E-state index contributed by atoms with van der Waals surface area (Å²) in [5, 5.41) is 0. The van der Waals surface area contributed by atoms with Gasteiger partial charge in [-0.05, 0) is 6.42 Å². The van der Waals surface area contributed by atoms with Crippen LogP contribution in [0, 0.1) is 0 Å². The van der Waals surface area contributed by atoms with Gasteiger partial charge < -0.3 is 4.74 Å². The number of carbonyl (C=O) groups excluding carboxylic acids is 1. The van der Waals surface area contributed by atoms with Gasteiger partial charge in [-0.2, -0.15) is 0 Å². The zero-order valence-electron chi connectivity index (χ0n) is 10.6. The Morgan fingerprint density at radius 2 is 1.53 bits per heavy atom. The fourth-order valence-electron chi connectivity index (χ4n) is 0.761. The van der Waals surface area contributed by atoms with Crippen LogP contribution in [0.1, 0.15) is 19.8 Å². The van der Waals surface area contributed by atoms with Crippen LogP contribution in [0.4, 0.5) is 0 Å². The van der Waals surface area contributed by atoms with Crippen molar-refractivity contribution in [2.45, 2.75) is 19.8 Å². The van der Waals surface area contributed by atoms with Crippen molar-refractivity contribution in [3.8, 4) is 0 Å². The van der Waals surface area contributed by atoms with Crippen molar-refractivity contribution in [2.75, 3.05) is 6.61 Å². The molecule has 0 atom stereocenters. The maximum absolute atomic E-state index is 10.3. The molecule has 0 saturated carbocycles. The van der Waals surface area contributed by atoms with Crippen molar-refractivity contribution in [1.29, 1.82) is 0 Å². The summed E-state index contributed by atoms with van der Waals surface area (Å²) < 4.78 is 4.67. The fraction of sp³-hybridized carbons (Fsp3) is 0.267. The lowest BCUT2D eigenvalue weighted by atomic mass is 10.4. The van der Waals surface area contributed by atoms with E-state index >= 15 is 0 Å².